The zero-order valence-corrected chi connectivity index (χ0v) is 23.8. The van der Waals surface area contributed by atoms with E-state index in [0.29, 0.717) is 19.0 Å². The maximum atomic E-state index is 13.7. The quantitative estimate of drug-likeness (QED) is 0.311. The highest BCUT2D eigenvalue weighted by Crippen LogP contribution is 2.48. The predicted molar refractivity (Wildman–Crippen MR) is 145 cm³/mol. The highest BCUT2D eigenvalue weighted by atomic mass is 19.4. The van der Waals surface area contributed by atoms with Gasteiger partial charge in [0, 0.05) is 31.9 Å². The van der Waals surface area contributed by atoms with Gasteiger partial charge in [-0.25, -0.2) is 10.1 Å². The van der Waals surface area contributed by atoms with E-state index in [1.807, 2.05) is 0 Å². The summed E-state index contributed by atoms with van der Waals surface area (Å²) in [7, 11) is 0. The molecule has 4 heterocycles. The Morgan fingerprint density at radius 2 is 1.93 bits per heavy atom. The molecule has 2 aromatic rings. The van der Waals surface area contributed by atoms with Crippen LogP contribution in [0.25, 0.3) is 0 Å². The van der Waals surface area contributed by atoms with Crippen LogP contribution in [0.15, 0.2) is 23.3 Å². The van der Waals surface area contributed by atoms with E-state index in [2.05, 4.69) is 21.5 Å². The Morgan fingerprint density at radius 3 is 2.58 bits per heavy atom. The molecule has 5 rings (SSSR count). The molecule has 0 radical (unpaired) electrons. The van der Waals surface area contributed by atoms with Gasteiger partial charge in [-0.1, -0.05) is 0 Å². The second-order valence-corrected chi connectivity index (χ2v) is 11.3. The summed E-state index contributed by atoms with van der Waals surface area (Å²) < 4.78 is 85.7. The van der Waals surface area contributed by atoms with Gasteiger partial charge < -0.3 is 24.8 Å². The van der Waals surface area contributed by atoms with Gasteiger partial charge in [0.1, 0.15) is 11.6 Å². The van der Waals surface area contributed by atoms with E-state index in [4.69, 9.17) is 4.74 Å². The summed E-state index contributed by atoms with van der Waals surface area (Å²) in [6, 6.07) is 1.41. The van der Waals surface area contributed by atoms with Crippen LogP contribution in [0.4, 0.5) is 43.5 Å². The fourth-order valence-corrected chi connectivity index (χ4v) is 5.39. The topological polar surface area (TPSA) is 148 Å². The van der Waals surface area contributed by atoms with Crippen molar-refractivity contribution in [1.29, 1.82) is 5.26 Å². The molecule has 45 heavy (non-hydrogen) atoms. The fraction of sp³-hybridized carbons (Fsp3) is 0.556. The number of halogens is 6. The number of ether oxygens (including phenoxy) is 1. The zero-order valence-electron chi connectivity index (χ0n) is 23.8. The number of alkyl halides is 6. The number of amides is 2. The third-order valence-electron chi connectivity index (χ3n) is 7.94. The molecule has 0 aromatic carbocycles. The zero-order chi connectivity index (χ0) is 32.7. The van der Waals surface area contributed by atoms with Crippen molar-refractivity contribution in [3.63, 3.8) is 0 Å². The molecule has 3 aliphatic rings. The number of hydrogen-bond donors (Lipinski definition) is 2. The maximum Gasteiger partial charge on any atom is 0.423 e. The first-order chi connectivity index (χ1) is 21.1. The Kier molecular flexibility index (Phi) is 8.42. The molecule has 2 fully saturated rings. The number of carbonyl (C=O) groups excluding carboxylic acids is 2. The predicted octanol–water partition coefficient (Wildman–Crippen LogP) is 2.78. The van der Waals surface area contributed by atoms with Gasteiger partial charge in [0.15, 0.2) is 5.82 Å². The van der Waals surface area contributed by atoms with Gasteiger partial charge in [-0.3, -0.25) is 14.4 Å². The molecule has 0 unspecified atom stereocenters. The number of pyridine rings is 1. The third kappa shape index (κ3) is 6.67. The fourth-order valence-electron chi connectivity index (χ4n) is 5.39. The summed E-state index contributed by atoms with van der Waals surface area (Å²) in [5.74, 6) is -0.733. The van der Waals surface area contributed by atoms with Crippen LogP contribution in [0, 0.1) is 16.7 Å². The molecule has 1 saturated carbocycles. The summed E-state index contributed by atoms with van der Waals surface area (Å²) in [6.07, 6.45) is -7.16. The van der Waals surface area contributed by atoms with Crippen LogP contribution in [-0.2, 0) is 26.7 Å². The summed E-state index contributed by atoms with van der Waals surface area (Å²) in [4.78, 5) is 46.5. The summed E-state index contributed by atoms with van der Waals surface area (Å²) in [6.45, 7) is 1.44. The molecular weight excluding hydrogens is 614 g/mol. The van der Waals surface area contributed by atoms with Gasteiger partial charge in [-0.2, -0.15) is 36.7 Å². The number of nitrogens with zero attached hydrogens (tertiary/aromatic N) is 6. The number of rotatable bonds is 9. The maximum absolute atomic E-state index is 13.7. The van der Waals surface area contributed by atoms with Crippen molar-refractivity contribution in [1.82, 2.24) is 20.1 Å². The molecular formula is C27H28F6N8O4. The van der Waals surface area contributed by atoms with Crippen LogP contribution in [0.2, 0.25) is 0 Å². The van der Waals surface area contributed by atoms with Crippen molar-refractivity contribution in [2.24, 2.45) is 5.41 Å². The number of anilines is 3. The second kappa shape index (κ2) is 11.8. The molecule has 1 saturated heterocycles. The summed E-state index contributed by atoms with van der Waals surface area (Å²) in [5, 5.41) is 17.3. The van der Waals surface area contributed by atoms with Crippen LogP contribution >= 0.6 is 0 Å². The van der Waals surface area contributed by atoms with Crippen molar-refractivity contribution in [3.05, 3.63) is 39.9 Å². The minimum absolute atomic E-state index is 0.0262. The number of nitrogens with one attached hydrogen (secondary N) is 2. The van der Waals surface area contributed by atoms with Crippen LogP contribution in [-0.4, -0.2) is 83.4 Å². The van der Waals surface area contributed by atoms with E-state index in [-0.39, 0.29) is 63.2 Å². The molecule has 2 atom stereocenters. The van der Waals surface area contributed by atoms with Gasteiger partial charge in [0.25, 0.3) is 11.5 Å². The number of H-pyrrole nitrogens is 1. The molecule has 1 aliphatic carbocycles. The molecule has 0 bridgehead atoms. The smallest absolute Gasteiger partial charge is 0.379 e. The number of fused-ring (bicyclic) bond motifs is 3. The average Bonchev–Trinajstić information content (AvgIpc) is 3.75. The molecule has 0 spiro atoms. The van der Waals surface area contributed by atoms with Crippen LogP contribution in [0.5, 0.6) is 0 Å². The lowest BCUT2D eigenvalue weighted by Crippen LogP contribution is -2.64. The van der Waals surface area contributed by atoms with E-state index >= 15 is 0 Å². The standard InChI is InChI=1S/C27H28F6N8O4/c1-15(37-17-10-36-38-23(43)21(17)27(31,32)33)12-45-7-2-20(42)39-5-6-40-19(11-39)24(44)41(14-25(13-34)3-4-25)18-8-16(26(28,29)30)9-35-22(18)40/h8-10,15,19H,2-7,11-12,14H2,1H3,(H2,37,38,43)/t15-,19-/m0/s1. The van der Waals surface area contributed by atoms with Gasteiger partial charge in [0.05, 0.1) is 60.8 Å². The highest BCUT2D eigenvalue weighted by molar-refractivity contribution is 6.05. The molecule has 18 heteroatoms. The van der Waals surface area contributed by atoms with E-state index in [0.717, 1.165) is 12.3 Å². The van der Waals surface area contributed by atoms with Crippen molar-refractivity contribution in [3.8, 4) is 6.07 Å². The Morgan fingerprint density at radius 1 is 1.20 bits per heavy atom. The minimum Gasteiger partial charge on any atom is -0.379 e. The number of aromatic amines is 1. The molecule has 2 aliphatic heterocycles. The SMILES string of the molecule is C[C@@H](COCCC(=O)N1CCN2c3ncc(C(F)(F)F)cc3N(CC3(C#N)CC3)C(=O)[C@@H]2C1)Nc1cn[nH]c(=O)c1C(F)(F)F. The Bertz CT molecular complexity index is 1570. The first-order valence-electron chi connectivity index (χ1n) is 14.0. The van der Waals surface area contributed by atoms with Crippen molar-refractivity contribution < 1.29 is 40.7 Å². The van der Waals surface area contributed by atoms with Gasteiger partial charge in [-0.05, 0) is 25.8 Å². The van der Waals surface area contributed by atoms with Crippen LogP contribution < -0.4 is 20.7 Å². The Hall–Kier alpha value is -4.40. The lowest BCUT2D eigenvalue weighted by Gasteiger charge is -2.47. The largest absolute Gasteiger partial charge is 0.423 e. The summed E-state index contributed by atoms with van der Waals surface area (Å²) in [5.41, 5.74) is -5.23. The molecule has 2 aromatic heterocycles. The number of piperazine rings is 1. The monoisotopic (exact) mass is 642 g/mol. The van der Waals surface area contributed by atoms with Crippen molar-refractivity contribution >= 4 is 29.0 Å². The van der Waals surface area contributed by atoms with E-state index in [1.54, 1.807) is 10.00 Å². The van der Waals surface area contributed by atoms with Crippen LogP contribution in [0.3, 0.4) is 0 Å². The van der Waals surface area contributed by atoms with E-state index in [9.17, 15) is 46.0 Å². The van der Waals surface area contributed by atoms with Crippen molar-refractivity contribution in [2.45, 2.75) is 50.6 Å². The number of carbonyl (C=O) groups is 2. The number of nitriles is 1. The van der Waals surface area contributed by atoms with Gasteiger partial charge in [-0.15, -0.1) is 0 Å². The molecule has 2 N–H and O–H groups in total. The van der Waals surface area contributed by atoms with Gasteiger partial charge in [0.2, 0.25) is 5.91 Å². The number of aromatic nitrogens is 3. The lowest BCUT2D eigenvalue weighted by atomic mass is 10.0. The van der Waals surface area contributed by atoms with Crippen LogP contribution in [0.1, 0.15) is 37.3 Å². The Labute approximate surface area is 251 Å². The third-order valence-corrected chi connectivity index (χ3v) is 7.94. The highest BCUT2D eigenvalue weighted by Gasteiger charge is 2.51. The minimum atomic E-state index is -4.91. The Balaban J connectivity index is 1.20. The number of hydrogen-bond acceptors (Lipinski definition) is 9. The molecule has 2 amide bonds. The average molecular weight is 643 g/mol. The first kappa shape index (κ1) is 32.0. The normalized spacial score (nSPS) is 19.8. The second-order valence-electron chi connectivity index (χ2n) is 11.3. The van der Waals surface area contributed by atoms with E-state index in [1.165, 1.54) is 16.7 Å². The summed E-state index contributed by atoms with van der Waals surface area (Å²) >= 11 is 0. The van der Waals surface area contributed by atoms with Crippen molar-refractivity contribution in [2.75, 3.05) is 54.5 Å². The molecule has 12 nitrogen and oxygen atoms in total. The van der Waals surface area contributed by atoms with E-state index < -0.39 is 58.1 Å². The first-order valence-corrected chi connectivity index (χ1v) is 14.0. The lowest BCUT2D eigenvalue weighted by molar-refractivity contribution is -0.138. The van der Waals surface area contributed by atoms with Gasteiger partial charge >= 0.3 is 12.4 Å². The molecule has 242 valence electrons.